The van der Waals surface area contributed by atoms with Crippen LogP contribution in [0.2, 0.25) is 0 Å². The lowest BCUT2D eigenvalue weighted by Crippen LogP contribution is -2.19. The second-order valence-corrected chi connectivity index (χ2v) is 7.34. The van der Waals surface area contributed by atoms with Crippen LogP contribution in [-0.2, 0) is 11.0 Å². The predicted octanol–water partition coefficient (Wildman–Crippen LogP) is 3.64. The first kappa shape index (κ1) is 13.6. The zero-order valence-corrected chi connectivity index (χ0v) is 12.4. The summed E-state index contributed by atoms with van der Waals surface area (Å²) in [6.07, 6.45) is 1.68. The zero-order chi connectivity index (χ0) is 12.3. The fraction of sp³-hybridized carbons (Fsp3) is 0.417. The molecule has 0 saturated heterocycles. The third kappa shape index (κ3) is 3.52. The second kappa shape index (κ2) is 5.23. The summed E-state index contributed by atoms with van der Waals surface area (Å²) in [5.74, 6) is 0. The highest BCUT2D eigenvalue weighted by Gasteiger charge is 2.18. The van der Waals surface area contributed by atoms with Crippen LogP contribution in [0, 0.1) is 6.92 Å². The van der Waals surface area contributed by atoms with Crippen molar-refractivity contribution in [1.29, 1.82) is 0 Å². The average molecular weight is 302 g/mol. The molecule has 88 valence electrons. The van der Waals surface area contributed by atoms with Crippen LogP contribution in [0.5, 0.6) is 0 Å². The van der Waals surface area contributed by atoms with Crippen LogP contribution in [0.15, 0.2) is 27.1 Å². The molecule has 0 amide bonds. The molecule has 0 aliphatic rings. The first-order valence-corrected chi connectivity index (χ1v) is 6.93. The Kier molecular flexibility index (Phi) is 4.44. The van der Waals surface area contributed by atoms with Gasteiger partial charge in [0.25, 0.3) is 0 Å². The van der Waals surface area contributed by atoms with Crippen molar-refractivity contribution >= 4 is 33.1 Å². The Morgan fingerprint density at radius 2 is 2.00 bits per heavy atom. The maximum absolute atomic E-state index is 11.7. The van der Waals surface area contributed by atoms with E-state index in [1.54, 1.807) is 6.21 Å². The summed E-state index contributed by atoms with van der Waals surface area (Å²) in [5.41, 5.74) is 2.10. The van der Waals surface area contributed by atoms with Crippen molar-refractivity contribution in [3.8, 4) is 0 Å². The lowest BCUT2D eigenvalue weighted by molar-refractivity contribution is 0.651. The van der Waals surface area contributed by atoms with Crippen molar-refractivity contribution < 1.29 is 4.21 Å². The molecular formula is C12H16BrNOS. The first-order chi connectivity index (χ1) is 7.32. The molecule has 1 aromatic carbocycles. The molecule has 1 aromatic rings. The van der Waals surface area contributed by atoms with Crippen LogP contribution in [0.25, 0.3) is 0 Å². The zero-order valence-electron chi connectivity index (χ0n) is 9.95. The third-order valence-corrected chi connectivity index (χ3v) is 4.32. The Hall–Kier alpha value is -0.480. The van der Waals surface area contributed by atoms with Gasteiger partial charge in [0.15, 0.2) is 0 Å². The summed E-state index contributed by atoms with van der Waals surface area (Å²) in [5, 5.41) is 0. The largest absolute Gasteiger partial charge is 0.234 e. The van der Waals surface area contributed by atoms with Gasteiger partial charge in [0, 0.05) is 10.7 Å². The highest BCUT2D eigenvalue weighted by molar-refractivity contribution is 9.10. The molecule has 2 nitrogen and oxygen atoms in total. The summed E-state index contributed by atoms with van der Waals surface area (Å²) in [6, 6.07) is 5.88. The molecule has 0 aromatic heterocycles. The Balaban J connectivity index is 2.94. The molecule has 0 bridgehead atoms. The molecule has 0 aliphatic heterocycles. The van der Waals surface area contributed by atoms with E-state index in [4.69, 9.17) is 0 Å². The van der Waals surface area contributed by atoms with E-state index in [-0.39, 0.29) is 4.75 Å². The van der Waals surface area contributed by atoms with Crippen molar-refractivity contribution in [2.45, 2.75) is 32.4 Å². The minimum Gasteiger partial charge on any atom is -0.234 e. The molecule has 0 aliphatic carbocycles. The molecule has 0 unspecified atom stereocenters. The van der Waals surface area contributed by atoms with Gasteiger partial charge in [-0.3, -0.25) is 0 Å². The van der Waals surface area contributed by atoms with Gasteiger partial charge in [0.1, 0.15) is 11.0 Å². The normalized spacial score (nSPS) is 14.3. The van der Waals surface area contributed by atoms with Gasteiger partial charge in [0.2, 0.25) is 0 Å². The van der Waals surface area contributed by atoms with Crippen LogP contribution >= 0.6 is 15.9 Å². The van der Waals surface area contributed by atoms with Gasteiger partial charge in [-0.2, -0.15) is 4.40 Å². The van der Waals surface area contributed by atoms with E-state index in [1.807, 2.05) is 45.9 Å². The minimum atomic E-state index is -1.20. The van der Waals surface area contributed by atoms with E-state index in [9.17, 15) is 4.21 Å². The summed E-state index contributed by atoms with van der Waals surface area (Å²) >= 11 is 3.46. The van der Waals surface area contributed by atoms with Crippen molar-refractivity contribution in [3.05, 3.63) is 33.8 Å². The van der Waals surface area contributed by atoms with E-state index < -0.39 is 11.0 Å². The molecular weight excluding hydrogens is 286 g/mol. The lowest BCUT2D eigenvalue weighted by atomic mass is 10.1. The molecule has 16 heavy (non-hydrogen) atoms. The monoisotopic (exact) mass is 301 g/mol. The average Bonchev–Trinajstić information content (AvgIpc) is 2.18. The van der Waals surface area contributed by atoms with Crippen LogP contribution in [0.3, 0.4) is 0 Å². The molecule has 1 atom stereocenters. The number of benzene rings is 1. The number of hydrogen-bond donors (Lipinski definition) is 0. The van der Waals surface area contributed by atoms with Gasteiger partial charge < -0.3 is 0 Å². The predicted molar refractivity (Wildman–Crippen MR) is 74.4 cm³/mol. The quantitative estimate of drug-likeness (QED) is 0.767. The van der Waals surface area contributed by atoms with Gasteiger partial charge in [-0.25, -0.2) is 4.21 Å². The van der Waals surface area contributed by atoms with Gasteiger partial charge in [0.05, 0.1) is 4.75 Å². The smallest absolute Gasteiger partial charge is 0.144 e. The maximum atomic E-state index is 11.7. The summed E-state index contributed by atoms with van der Waals surface area (Å²) < 4.78 is 16.6. The fourth-order valence-corrected chi connectivity index (χ4v) is 1.93. The standard InChI is InChI=1S/C12H16BrNOS/c1-9-10(6-5-7-11(9)13)8-14-16(15)12(2,3)4/h5-8H,1-4H3/b14-8+/t16-/m0/s1. The maximum Gasteiger partial charge on any atom is 0.144 e. The Morgan fingerprint density at radius 3 is 2.56 bits per heavy atom. The first-order valence-electron chi connectivity index (χ1n) is 5.03. The molecule has 1 rings (SSSR count). The topological polar surface area (TPSA) is 29.4 Å². The number of hydrogen-bond acceptors (Lipinski definition) is 1. The third-order valence-electron chi connectivity index (χ3n) is 2.12. The van der Waals surface area contributed by atoms with Gasteiger partial charge in [-0.15, -0.1) is 0 Å². The summed E-state index contributed by atoms with van der Waals surface area (Å²) in [7, 11) is -1.20. The fourth-order valence-electron chi connectivity index (χ4n) is 1.03. The molecule has 0 saturated carbocycles. The number of halogens is 1. The molecule has 4 heteroatoms. The van der Waals surface area contributed by atoms with E-state index in [1.165, 1.54) is 0 Å². The lowest BCUT2D eigenvalue weighted by Gasteiger charge is -2.12. The SMILES string of the molecule is Cc1c(Br)cccc1/C=N/[S@@](=O)C(C)(C)C. The highest BCUT2D eigenvalue weighted by Crippen LogP contribution is 2.19. The second-order valence-electron chi connectivity index (χ2n) is 4.55. The molecule has 0 fully saturated rings. The van der Waals surface area contributed by atoms with Crippen molar-refractivity contribution in [2.24, 2.45) is 4.40 Å². The van der Waals surface area contributed by atoms with E-state index in [2.05, 4.69) is 20.3 Å². The minimum absolute atomic E-state index is 0.309. The van der Waals surface area contributed by atoms with Crippen LogP contribution < -0.4 is 0 Å². The van der Waals surface area contributed by atoms with E-state index in [0.29, 0.717) is 0 Å². The van der Waals surface area contributed by atoms with E-state index >= 15 is 0 Å². The number of rotatable bonds is 2. The van der Waals surface area contributed by atoms with Crippen molar-refractivity contribution in [1.82, 2.24) is 0 Å². The van der Waals surface area contributed by atoms with Gasteiger partial charge >= 0.3 is 0 Å². The van der Waals surface area contributed by atoms with Crippen molar-refractivity contribution in [2.75, 3.05) is 0 Å². The molecule has 0 radical (unpaired) electrons. The van der Waals surface area contributed by atoms with Gasteiger partial charge in [-0.1, -0.05) is 28.1 Å². The van der Waals surface area contributed by atoms with Crippen LogP contribution in [0.1, 0.15) is 31.9 Å². The van der Waals surface area contributed by atoms with Crippen LogP contribution in [-0.4, -0.2) is 15.2 Å². The molecule has 0 heterocycles. The Labute approximate surface area is 108 Å². The number of nitrogens with zero attached hydrogens (tertiary/aromatic N) is 1. The Morgan fingerprint density at radius 1 is 1.38 bits per heavy atom. The van der Waals surface area contributed by atoms with Crippen molar-refractivity contribution in [3.63, 3.8) is 0 Å². The Bertz CT molecular complexity index is 435. The highest BCUT2D eigenvalue weighted by atomic mass is 79.9. The van der Waals surface area contributed by atoms with Crippen LogP contribution in [0.4, 0.5) is 0 Å². The summed E-state index contributed by atoms with van der Waals surface area (Å²) in [6.45, 7) is 7.74. The van der Waals surface area contributed by atoms with Gasteiger partial charge in [-0.05, 0) is 44.9 Å². The van der Waals surface area contributed by atoms with E-state index in [0.717, 1.165) is 15.6 Å². The molecule has 0 N–H and O–H groups in total. The molecule has 0 spiro atoms. The summed E-state index contributed by atoms with van der Waals surface area (Å²) in [4.78, 5) is 0.